The molecule has 2 heterocycles. The molecule has 1 unspecified atom stereocenters. The molecular formula is C15H19N3O. The average molecular weight is 257 g/mol. The Bertz CT molecular complexity index is 570. The van der Waals surface area contributed by atoms with Crippen LogP contribution >= 0.6 is 0 Å². The number of rotatable bonds is 3. The molecule has 100 valence electrons. The van der Waals surface area contributed by atoms with E-state index in [1.54, 1.807) is 0 Å². The van der Waals surface area contributed by atoms with Crippen molar-refractivity contribution < 1.29 is 4.52 Å². The highest BCUT2D eigenvalue weighted by molar-refractivity contribution is 5.59. The summed E-state index contributed by atoms with van der Waals surface area (Å²) in [6, 6.07) is 8.12. The van der Waals surface area contributed by atoms with E-state index in [2.05, 4.69) is 35.4 Å². The number of hydrogen-bond donors (Lipinski definition) is 1. The zero-order valence-electron chi connectivity index (χ0n) is 11.4. The minimum Gasteiger partial charge on any atom is -0.337 e. The van der Waals surface area contributed by atoms with E-state index >= 15 is 0 Å². The van der Waals surface area contributed by atoms with E-state index in [9.17, 15) is 0 Å². The Hall–Kier alpha value is -1.68. The normalized spacial score (nSPS) is 22.8. The van der Waals surface area contributed by atoms with Gasteiger partial charge in [-0.2, -0.15) is 4.98 Å². The van der Waals surface area contributed by atoms with Gasteiger partial charge in [-0.05, 0) is 38.3 Å². The van der Waals surface area contributed by atoms with Crippen molar-refractivity contribution in [1.82, 2.24) is 15.5 Å². The van der Waals surface area contributed by atoms with E-state index < -0.39 is 0 Å². The minimum atomic E-state index is -0.117. The molecule has 2 aromatic rings. The van der Waals surface area contributed by atoms with Crippen LogP contribution in [0.5, 0.6) is 0 Å². The Morgan fingerprint density at radius 2 is 2.21 bits per heavy atom. The molecule has 0 spiro atoms. The van der Waals surface area contributed by atoms with E-state index in [4.69, 9.17) is 4.52 Å². The van der Waals surface area contributed by atoms with Gasteiger partial charge in [0.05, 0.1) is 5.54 Å². The fourth-order valence-electron chi connectivity index (χ4n) is 2.79. The predicted molar refractivity (Wildman–Crippen MR) is 73.7 cm³/mol. The molecule has 1 aliphatic rings. The minimum absolute atomic E-state index is 0.117. The van der Waals surface area contributed by atoms with Gasteiger partial charge in [0.2, 0.25) is 11.7 Å². The van der Waals surface area contributed by atoms with Crippen molar-refractivity contribution >= 4 is 0 Å². The molecule has 1 N–H and O–H groups in total. The van der Waals surface area contributed by atoms with Crippen molar-refractivity contribution in [2.24, 2.45) is 0 Å². The Labute approximate surface area is 113 Å². The second kappa shape index (κ2) is 4.78. The van der Waals surface area contributed by atoms with E-state index in [0.29, 0.717) is 5.82 Å². The van der Waals surface area contributed by atoms with E-state index in [1.807, 2.05) is 18.2 Å². The lowest BCUT2D eigenvalue weighted by Crippen LogP contribution is -2.36. The van der Waals surface area contributed by atoms with Crippen LogP contribution in [0.25, 0.3) is 11.4 Å². The molecule has 3 rings (SSSR count). The summed E-state index contributed by atoms with van der Waals surface area (Å²) in [4.78, 5) is 4.63. The Kier molecular flexibility index (Phi) is 3.11. The highest BCUT2D eigenvalue weighted by Gasteiger charge is 2.38. The van der Waals surface area contributed by atoms with Crippen LogP contribution in [0.1, 0.15) is 37.6 Å². The Balaban J connectivity index is 1.98. The van der Waals surface area contributed by atoms with Crippen molar-refractivity contribution in [2.45, 2.75) is 38.6 Å². The topological polar surface area (TPSA) is 51.0 Å². The van der Waals surface area contributed by atoms with Gasteiger partial charge in [0.15, 0.2) is 0 Å². The van der Waals surface area contributed by atoms with Gasteiger partial charge in [0.1, 0.15) is 0 Å². The molecule has 4 heteroatoms. The van der Waals surface area contributed by atoms with Gasteiger partial charge in [0.25, 0.3) is 0 Å². The van der Waals surface area contributed by atoms with E-state index in [0.717, 1.165) is 37.3 Å². The van der Waals surface area contributed by atoms with Crippen LogP contribution < -0.4 is 5.32 Å². The monoisotopic (exact) mass is 257 g/mol. The highest BCUT2D eigenvalue weighted by Crippen LogP contribution is 2.34. The van der Waals surface area contributed by atoms with Crippen molar-refractivity contribution in [1.29, 1.82) is 0 Å². The molecule has 1 atom stereocenters. The maximum Gasteiger partial charge on any atom is 0.247 e. The fraction of sp³-hybridized carbons (Fsp3) is 0.467. The van der Waals surface area contributed by atoms with Gasteiger partial charge >= 0.3 is 0 Å². The molecular weight excluding hydrogens is 238 g/mol. The summed E-state index contributed by atoms with van der Waals surface area (Å²) in [6.45, 7) is 5.25. The first-order valence-corrected chi connectivity index (χ1v) is 6.90. The van der Waals surface area contributed by atoms with Gasteiger partial charge in [0, 0.05) is 5.56 Å². The van der Waals surface area contributed by atoms with Crippen LogP contribution in [-0.2, 0) is 5.54 Å². The molecule has 1 fully saturated rings. The SMILES string of the molecule is CCC1(c2nc(-c3ccccc3C)no2)CCCN1. The summed E-state index contributed by atoms with van der Waals surface area (Å²) in [5, 5.41) is 7.68. The number of nitrogens with one attached hydrogen (secondary N) is 1. The first kappa shape index (κ1) is 12.4. The first-order chi connectivity index (χ1) is 9.25. The van der Waals surface area contributed by atoms with Gasteiger partial charge in [-0.25, -0.2) is 0 Å². The standard InChI is InChI=1S/C15H19N3O/c1-3-15(9-6-10-16-15)14-17-13(18-19-14)12-8-5-4-7-11(12)2/h4-5,7-8,16H,3,6,9-10H2,1-2H3. The summed E-state index contributed by atoms with van der Waals surface area (Å²) in [6.07, 6.45) is 3.21. The van der Waals surface area contributed by atoms with Crippen LogP contribution in [0, 0.1) is 6.92 Å². The van der Waals surface area contributed by atoms with Gasteiger partial charge in [-0.15, -0.1) is 0 Å². The lowest BCUT2D eigenvalue weighted by atomic mass is 9.94. The van der Waals surface area contributed by atoms with Crippen LogP contribution in [0.4, 0.5) is 0 Å². The highest BCUT2D eigenvalue weighted by atomic mass is 16.5. The van der Waals surface area contributed by atoms with Crippen molar-refractivity contribution in [3.05, 3.63) is 35.7 Å². The number of benzene rings is 1. The largest absolute Gasteiger partial charge is 0.337 e. The summed E-state index contributed by atoms with van der Waals surface area (Å²) in [5.41, 5.74) is 2.09. The third-order valence-electron chi connectivity index (χ3n) is 4.07. The molecule has 0 aliphatic carbocycles. The third kappa shape index (κ3) is 2.06. The second-order valence-corrected chi connectivity index (χ2v) is 5.20. The number of nitrogens with zero attached hydrogens (tertiary/aromatic N) is 2. The summed E-state index contributed by atoms with van der Waals surface area (Å²) in [5.74, 6) is 1.42. The second-order valence-electron chi connectivity index (χ2n) is 5.20. The fourth-order valence-corrected chi connectivity index (χ4v) is 2.79. The quantitative estimate of drug-likeness (QED) is 0.918. The molecule has 0 amide bonds. The smallest absolute Gasteiger partial charge is 0.247 e. The maximum atomic E-state index is 5.53. The van der Waals surface area contributed by atoms with Gasteiger partial charge in [-0.3, -0.25) is 0 Å². The first-order valence-electron chi connectivity index (χ1n) is 6.90. The molecule has 1 saturated heterocycles. The number of hydrogen-bond acceptors (Lipinski definition) is 4. The number of aryl methyl sites for hydroxylation is 1. The van der Waals surface area contributed by atoms with Crippen molar-refractivity contribution in [3.63, 3.8) is 0 Å². The molecule has 1 aromatic carbocycles. The van der Waals surface area contributed by atoms with Crippen LogP contribution in [0.3, 0.4) is 0 Å². The zero-order chi connectivity index (χ0) is 13.3. The van der Waals surface area contributed by atoms with Crippen LogP contribution in [0.2, 0.25) is 0 Å². The summed E-state index contributed by atoms with van der Waals surface area (Å²) >= 11 is 0. The molecule has 4 nitrogen and oxygen atoms in total. The Morgan fingerprint density at radius 3 is 2.89 bits per heavy atom. The van der Waals surface area contributed by atoms with Gasteiger partial charge < -0.3 is 9.84 Å². The van der Waals surface area contributed by atoms with Gasteiger partial charge in [-0.1, -0.05) is 36.3 Å². The average Bonchev–Trinajstić information content (AvgIpc) is 3.09. The van der Waals surface area contributed by atoms with Crippen LogP contribution in [-0.4, -0.2) is 16.7 Å². The molecule has 0 saturated carbocycles. The molecule has 1 aliphatic heterocycles. The molecule has 19 heavy (non-hydrogen) atoms. The third-order valence-corrected chi connectivity index (χ3v) is 4.07. The van der Waals surface area contributed by atoms with Crippen LogP contribution in [0.15, 0.2) is 28.8 Å². The maximum absolute atomic E-state index is 5.53. The van der Waals surface area contributed by atoms with E-state index in [1.165, 1.54) is 5.56 Å². The molecule has 0 bridgehead atoms. The molecule has 0 radical (unpaired) electrons. The summed E-state index contributed by atoms with van der Waals surface area (Å²) in [7, 11) is 0. The lowest BCUT2D eigenvalue weighted by molar-refractivity contribution is 0.250. The predicted octanol–water partition coefficient (Wildman–Crippen LogP) is 3.03. The number of aromatic nitrogens is 2. The zero-order valence-corrected chi connectivity index (χ0v) is 11.4. The molecule has 1 aromatic heterocycles. The lowest BCUT2D eigenvalue weighted by Gasteiger charge is -2.22. The van der Waals surface area contributed by atoms with Crippen molar-refractivity contribution in [2.75, 3.05) is 6.54 Å². The van der Waals surface area contributed by atoms with Crippen molar-refractivity contribution in [3.8, 4) is 11.4 Å². The van der Waals surface area contributed by atoms with E-state index in [-0.39, 0.29) is 5.54 Å². The summed E-state index contributed by atoms with van der Waals surface area (Å²) < 4.78 is 5.53. The Morgan fingerprint density at radius 1 is 1.37 bits per heavy atom.